The Balaban J connectivity index is 3.19. The molecule has 1 aromatic carbocycles. The van der Waals surface area contributed by atoms with Gasteiger partial charge in [0.2, 0.25) is 0 Å². The molecule has 17 heavy (non-hydrogen) atoms. The summed E-state index contributed by atoms with van der Waals surface area (Å²) in [5, 5.41) is 28.7. The third-order valence-corrected chi connectivity index (χ3v) is 2.55. The molecule has 0 unspecified atom stereocenters. The maximum Gasteiger partial charge on any atom is 0.310 e. The molecule has 0 bridgehead atoms. The van der Waals surface area contributed by atoms with Gasteiger partial charge in [0.25, 0.3) is 0 Å². The molecule has 0 saturated carbocycles. The van der Waals surface area contributed by atoms with Crippen LogP contribution in [0.4, 0.5) is 5.69 Å². The third-order valence-electron chi connectivity index (χ3n) is 2.55. The summed E-state index contributed by atoms with van der Waals surface area (Å²) in [6.45, 7) is 3.36. The Morgan fingerprint density at radius 1 is 1.47 bits per heavy atom. The summed E-state index contributed by atoms with van der Waals surface area (Å²) in [7, 11) is 0. The van der Waals surface area contributed by atoms with Crippen LogP contribution in [-0.4, -0.2) is 21.1 Å². The number of aromatic hydroxyl groups is 1. The first kappa shape index (κ1) is 13.0. The van der Waals surface area contributed by atoms with E-state index >= 15 is 0 Å². The predicted octanol–water partition coefficient (Wildman–Crippen LogP) is 2.05. The van der Waals surface area contributed by atoms with Crippen molar-refractivity contribution in [3.05, 3.63) is 33.9 Å². The average molecular weight is 239 g/mol. The number of aliphatic carboxylic acids is 1. The van der Waals surface area contributed by atoms with Crippen molar-refractivity contribution in [3.63, 3.8) is 0 Å². The fraction of sp³-hybridized carbons (Fsp3) is 0.364. The molecule has 0 heterocycles. The number of rotatable bonds is 4. The van der Waals surface area contributed by atoms with Gasteiger partial charge in [0.15, 0.2) is 5.75 Å². The highest BCUT2D eigenvalue weighted by molar-refractivity contribution is 5.69. The number of carboxylic acid groups (broad SMARTS) is 1. The molecule has 1 aromatic rings. The van der Waals surface area contributed by atoms with E-state index in [0.717, 1.165) is 0 Å². The monoisotopic (exact) mass is 239 g/mol. The maximum atomic E-state index is 10.7. The van der Waals surface area contributed by atoms with Crippen LogP contribution < -0.4 is 0 Å². The summed E-state index contributed by atoms with van der Waals surface area (Å²) < 4.78 is 0. The van der Waals surface area contributed by atoms with Gasteiger partial charge >= 0.3 is 11.7 Å². The first-order valence-corrected chi connectivity index (χ1v) is 4.94. The molecule has 0 radical (unpaired) electrons. The molecule has 2 N–H and O–H groups in total. The van der Waals surface area contributed by atoms with Gasteiger partial charge < -0.3 is 10.2 Å². The topological polar surface area (TPSA) is 101 Å². The normalized spacial score (nSPS) is 11.2. The van der Waals surface area contributed by atoms with Crippen molar-refractivity contribution in [2.45, 2.75) is 25.7 Å². The molecule has 6 nitrogen and oxygen atoms in total. The van der Waals surface area contributed by atoms with Gasteiger partial charge in [-0.1, -0.05) is 19.9 Å². The summed E-state index contributed by atoms with van der Waals surface area (Å²) in [5.74, 6) is -1.41. The minimum atomic E-state index is -0.981. The van der Waals surface area contributed by atoms with Crippen LogP contribution in [0.1, 0.15) is 25.8 Å². The summed E-state index contributed by atoms with van der Waals surface area (Å²) >= 11 is 0. The van der Waals surface area contributed by atoms with Crippen molar-refractivity contribution in [1.29, 1.82) is 0 Å². The number of carbonyl (C=O) groups is 1. The van der Waals surface area contributed by atoms with Gasteiger partial charge in [-0.2, -0.15) is 0 Å². The second-order valence-electron chi connectivity index (χ2n) is 4.42. The van der Waals surface area contributed by atoms with E-state index in [-0.39, 0.29) is 6.42 Å². The minimum Gasteiger partial charge on any atom is -0.502 e. The smallest absolute Gasteiger partial charge is 0.310 e. The molecule has 92 valence electrons. The predicted molar refractivity (Wildman–Crippen MR) is 60.0 cm³/mol. The molecule has 6 heteroatoms. The lowest BCUT2D eigenvalue weighted by atomic mass is 9.81. The van der Waals surface area contributed by atoms with Crippen molar-refractivity contribution < 1.29 is 19.9 Å². The van der Waals surface area contributed by atoms with Crippen LogP contribution in [0, 0.1) is 10.1 Å². The molecule has 0 spiro atoms. The lowest BCUT2D eigenvalue weighted by molar-refractivity contribution is -0.386. The molecule has 0 aliphatic carbocycles. The van der Waals surface area contributed by atoms with Crippen LogP contribution >= 0.6 is 0 Å². The van der Waals surface area contributed by atoms with Crippen molar-refractivity contribution in [2.24, 2.45) is 0 Å². The summed E-state index contributed by atoms with van der Waals surface area (Å²) in [5.41, 5.74) is -0.644. The van der Waals surface area contributed by atoms with Gasteiger partial charge in [0.1, 0.15) is 0 Å². The number of carboxylic acids is 1. The number of nitrogens with zero attached hydrogens (tertiary/aromatic N) is 1. The van der Waals surface area contributed by atoms with Gasteiger partial charge in [-0.15, -0.1) is 0 Å². The van der Waals surface area contributed by atoms with E-state index in [2.05, 4.69) is 0 Å². The largest absolute Gasteiger partial charge is 0.502 e. The van der Waals surface area contributed by atoms with E-state index in [1.807, 2.05) is 0 Å². The van der Waals surface area contributed by atoms with E-state index in [4.69, 9.17) is 5.11 Å². The van der Waals surface area contributed by atoms with Crippen LogP contribution in [-0.2, 0) is 10.2 Å². The lowest BCUT2D eigenvalue weighted by Gasteiger charge is -2.22. The fourth-order valence-corrected chi connectivity index (χ4v) is 1.57. The molecule has 0 fully saturated rings. The number of phenolic OH excluding ortho intramolecular Hbond substituents is 1. The van der Waals surface area contributed by atoms with Crippen LogP contribution in [0.15, 0.2) is 18.2 Å². The zero-order valence-electron chi connectivity index (χ0n) is 9.51. The molecule has 0 atom stereocenters. The number of nitro groups is 1. The molecule has 0 aromatic heterocycles. The van der Waals surface area contributed by atoms with Crippen molar-refractivity contribution in [1.82, 2.24) is 0 Å². The summed E-state index contributed by atoms with van der Waals surface area (Å²) in [6.07, 6.45) is -0.144. The fourth-order valence-electron chi connectivity index (χ4n) is 1.57. The van der Waals surface area contributed by atoms with Crippen LogP contribution in [0.25, 0.3) is 0 Å². The molecule has 1 rings (SSSR count). The Bertz CT molecular complexity index is 467. The number of hydrogen-bond acceptors (Lipinski definition) is 4. The maximum absolute atomic E-state index is 10.7. The van der Waals surface area contributed by atoms with E-state index in [1.165, 1.54) is 18.2 Å². The first-order valence-electron chi connectivity index (χ1n) is 4.94. The zero-order chi connectivity index (χ0) is 13.2. The van der Waals surface area contributed by atoms with Gasteiger partial charge in [0, 0.05) is 11.5 Å². The molecule has 0 amide bonds. The Hall–Kier alpha value is -2.11. The van der Waals surface area contributed by atoms with Crippen molar-refractivity contribution >= 4 is 11.7 Å². The van der Waals surface area contributed by atoms with Gasteiger partial charge in [-0.3, -0.25) is 14.9 Å². The first-order chi connectivity index (χ1) is 7.74. The molecular weight excluding hydrogens is 226 g/mol. The quantitative estimate of drug-likeness (QED) is 0.618. The van der Waals surface area contributed by atoms with Gasteiger partial charge in [0.05, 0.1) is 11.3 Å². The van der Waals surface area contributed by atoms with Gasteiger partial charge in [-0.05, 0) is 11.6 Å². The Kier molecular flexibility index (Phi) is 3.36. The average Bonchev–Trinajstić information content (AvgIpc) is 2.15. The third kappa shape index (κ3) is 2.93. The number of phenols is 1. The summed E-state index contributed by atoms with van der Waals surface area (Å²) in [6, 6.07) is 3.90. The zero-order valence-corrected chi connectivity index (χ0v) is 9.51. The highest BCUT2D eigenvalue weighted by Gasteiger charge is 2.27. The second-order valence-corrected chi connectivity index (χ2v) is 4.42. The van der Waals surface area contributed by atoms with E-state index in [0.29, 0.717) is 5.56 Å². The number of hydrogen-bond donors (Lipinski definition) is 2. The molecule has 0 saturated heterocycles. The Labute approximate surface area is 97.7 Å². The van der Waals surface area contributed by atoms with Crippen LogP contribution in [0.2, 0.25) is 0 Å². The number of benzene rings is 1. The Morgan fingerprint density at radius 2 is 2.06 bits per heavy atom. The van der Waals surface area contributed by atoms with Gasteiger partial charge in [-0.25, -0.2) is 0 Å². The van der Waals surface area contributed by atoms with Crippen molar-refractivity contribution in [2.75, 3.05) is 0 Å². The standard InChI is InChI=1S/C11H13NO5/c1-11(2,6-10(14)15)7-3-4-9(13)8(5-7)12(16)17/h3-5,13H,6H2,1-2H3,(H,14,15). The molecule has 0 aliphatic heterocycles. The highest BCUT2D eigenvalue weighted by atomic mass is 16.6. The second kappa shape index (κ2) is 4.40. The number of nitro benzene ring substituents is 1. The lowest BCUT2D eigenvalue weighted by Crippen LogP contribution is -2.21. The van der Waals surface area contributed by atoms with Crippen LogP contribution in [0.3, 0.4) is 0 Å². The van der Waals surface area contributed by atoms with Crippen molar-refractivity contribution in [3.8, 4) is 5.75 Å². The highest BCUT2D eigenvalue weighted by Crippen LogP contribution is 2.33. The van der Waals surface area contributed by atoms with E-state index < -0.39 is 27.7 Å². The molecular formula is C11H13NO5. The minimum absolute atomic E-state index is 0.144. The van der Waals surface area contributed by atoms with Crippen LogP contribution in [0.5, 0.6) is 5.75 Å². The summed E-state index contributed by atoms with van der Waals surface area (Å²) in [4.78, 5) is 20.6. The Morgan fingerprint density at radius 3 is 2.53 bits per heavy atom. The van der Waals surface area contributed by atoms with E-state index in [1.54, 1.807) is 13.8 Å². The van der Waals surface area contributed by atoms with E-state index in [9.17, 15) is 20.0 Å². The molecule has 0 aliphatic rings. The SMILES string of the molecule is CC(C)(CC(=O)O)c1ccc(O)c([N+](=O)[O-])c1.